The van der Waals surface area contributed by atoms with Gasteiger partial charge >= 0.3 is 0 Å². The van der Waals surface area contributed by atoms with Gasteiger partial charge in [-0.2, -0.15) is 0 Å². The Morgan fingerprint density at radius 1 is 1.29 bits per heavy atom. The van der Waals surface area contributed by atoms with Gasteiger partial charge in [0.1, 0.15) is 14.9 Å². The fourth-order valence-electron chi connectivity index (χ4n) is 0.760. The number of ether oxygens (including phenoxy) is 1. The van der Waals surface area contributed by atoms with Gasteiger partial charge in [-0.05, 0) is 18.2 Å². The first-order valence-corrected chi connectivity index (χ1v) is 7.86. The Morgan fingerprint density at radius 2 is 2.00 bits per heavy atom. The van der Waals surface area contributed by atoms with Crippen LogP contribution in [-0.4, -0.2) is 8.80 Å². The minimum Gasteiger partial charge on any atom is -0.407 e. The van der Waals surface area contributed by atoms with Crippen LogP contribution in [0.2, 0.25) is 23.1 Å². The average molecular weight is 245 g/mol. The monoisotopic (exact) mass is 244 g/mol. The number of rotatable bonds is 1. The van der Waals surface area contributed by atoms with E-state index in [9.17, 15) is 0 Å². The summed E-state index contributed by atoms with van der Waals surface area (Å²) >= 11 is 11.6. The molecule has 1 nitrogen and oxygen atoms in total. The first-order valence-electron chi connectivity index (χ1n) is 4.22. The van der Waals surface area contributed by atoms with Crippen LogP contribution in [0.15, 0.2) is 18.2 Å². The molecule has 1 aromatic rings. The van der Waals surface area contributed by atoms with Crippen molar-refractivity contribution in [1.29, 1.82) is 0 Å². The predicted molar refractivity (Wildman–Crippen MR) is 63.7 cm³/mol. The summed E-state index contributed by atoms with van der Waals surface area (Å²) in [6.07, 6.45) is 2.65. The molecule has 0 atom stereocenters. The first-order chi connectivity index (χ1) is 6.59. The lowest BCUT2D eigenvalue weighted by Gasteiger charge is -2.00. The van der Waals surface area contributed by atoms with Crippen molar-refractivity contribution >= 4 is 32.0 Å². The molecule has 4 heteroatoms. The van der Waals surface area contributed by atoms with Gasteiger partial charge in [0.25, 0.3) is 0 Å². The Morgan fingerprint density at radius 3 is 2.57 bits per heavy atom. The van der Waals surface area contributed by atoms with Crippen LogP contribution in [-0.2, 0) is 0 Å². The molecule has 74 valence electrons. The van der Waals surface area contributed by atoms with Crippen LogP contribution in [0.5, 0.6) is 5.75 Å². The fourth-order valence-corrected chi connectivity index (χ4v) is 1.50. The fraction of sp³-hybridized carbons (Fsp3) is 0.200. The van der Waals surface area contributed by atoms with E-state index < -0.39 is 8.80 Å². The van der Waals surface area contributed by atoms with Crippen LogP contribution >= 0.6 is 23.2 Å². The SMILES string of the molecule is C[SiH](C)C#COc1ccc(Cl)cc1Cl. The van der Waals surface area contributed by atoms with Crippen molar-refractivity contribution in [2.75, 3.05) is 0 Å². The molecule has 1 aromatic carbocycles. The van der Waals surface area contributed by atoms with E-state index in [2.05, 4.69) is 24.7 Å². The lowest BCUT2D eigenvalue weighted by Crippen LogP contribution is -1.95. The second kappa shape index (κ2) is 5.31. The molecule has 14 heavy (non-hydrogen) atoms. The second-order valence-electron chi connectivity index (χ2n) is 3.08. The third kappa shape index (κ3) is 3.63. The summed E-state index contributed by atoms with van der Waals surface area (Å²) in [5, 5.41) is 1.07. The molecular formula is C10H10Cl2OSi. The molecule has 0 bridgehead atoms. The van der Waals surface area contributed by atoms with Crippen molar-refractivity contribution < 1.29 is 4.74 Å². The van der Waals surface area contributed by atoms with Gasteiger partial charge in [0.2, 0.25) is 0 Å². The zero-order valence-corrected chi connectivity index (χ0v) is 10.6. The summed E-state index contributed by atoms with van der Waals surface area (Å²) in [6, 6.07) is 5.06. The van der Waals surface area contributed by atoms with Crippen molar-refractivity contribution in [3.63, 3.8) is 0 Å². The highest BCUT2D eigenvalue weighted by Gasteiger charge is 2.00. The summed E-state index contributed by atoms with van der Waals surface area (Å²) in [4.78, 5) is 0. The maximum atomic E-state index is 5.88. The lowest BCUT2D eigenvalue weighted by molar-refractivity contribution is 0.520. The van der Waals surface area contributed by atoms with E-state index in [1.807, 2.05) is 0 Å². The van der Waals surface area contributed by atoms with E-state index >= 15 is 0 Å². The Labute approximate surface area is 95.6 Å². The maximum absolute atomic E-state index is 5.88. The van der Waals surface area contributed by atoms with Crippen LogP contribution in [0.4, 0.5) is 0 Å². The van der Waals surface area contributed by atoms with E-state index in [0.717, 1.165) is 0 Å². The summed E-state index contributed by atoms with van der Waals surface area (Å²) in [5.41, 5.74) is 3.01. The van der Waals surface area contributed by atoms with Gasteiger partial charge in [-0.15, -0.1) is 0 Å². The smallest absolute Gasteiger partial charge is 0.158 e. The Balaban J connectivity index is 2.74. The van der Waals surface area contributed by atoms with Crippen LogP contribution in [0.3, 0.4) is 0 Å². The molecule has 0 saturated carbocycles. The minimum absolute atomic E-state index is 0.484. The Bertz CT molecular complexity index is 379. The average Bonchev–Trinajstić information content (AvgIpc) is 2.08. The zero-order chi connectivity index (χ0) is 10.6. The number of hydrogen-bond donors (Lipinski definition) is 0. The van der Waals surface area contributed by atoms with E-state index in [4.69, 9.17) is 27.9 Å². The highest BCUT2D eigenvalue weighted by atomic mass is 35.5. The molecule has 0 unspecified atom stereocenters. The molecule has 0 aliphatic heterocycles. The predicted octanol–water partition coefficient (Wildman–Crippen LogP) is 3.36. The largest absolute Gasteiger partial charge is 0.407 e. The van der Waals surface area contributed by atoms with Crippen LogP contribution in [0.25, 0.3) is 0 Å². The third-order valence-electron chi connectivity index (χ3n) is 1.40. The van der Waals surface area contributed by atoms with Crippen molar-refractivity contribution in [2.24, 2.45) is 0 Å². The van der Waals surface area contributed by atoms with Crippen molar-refractivity contribution in [1.82, 2.24) is 0 Å². The molecule has 1 rings (SSSR count). The maximum Gasteiger partial charge on any atom is 0.158 e. The lowest BCUT2D eigenvalue weighted by atomic mass is 10.3. The molecule has 0 radical (unpaired) electrons. The second-order valence-corrected chi connectivity index (χ2v) is 6.52. The van der Waals surface area contributed by atoms with Gasteiger partial charge in [0.05, 0.1) is 5.02 Å². The van der Waals surface area contributed by atoms with E-state index in [1.54, 1.807) is 18.2 Å². The van der Waals surface area contributed by atoms with Gasteiger partial charge < -0.3 is 4.74 Å². The third-order valence-corrected chi connectivity index (χ3v) is 2.63. The molecule has 0 heterocycles. The summed E-state index contributed by atoms with van der Waals surface area (Å²) < 4.78 is 5.19. The molecule has 0 amide bonds. The van der Waals surface area contributed by atoms with Crippen LogP contribution in [0, 0.1) is 11.7 Å². The number of benzene rings is 1. The van der Waals surface area contributed by atoms with Gasteiger partial charge in [-0.1, -0.05) is 41.8 Å². The zero-order valence-electron chi connectivity index (χ0n) is 7.97. The molecule has 0 fully saturated rings. The minimum atomic E-state index is -0.893. The summed E-state index contributed by atoms with van der Waals surface area (Å²) in [7, 11) is -0.893. The topological polar surface area (TPSA) is 9.23 Å². The number of halogens is 2. The molecule has 0 N–H and O–H groups in total. The van der Waals surface area contributed by atoms with Crippen molar-refractivity contribution in [3.8, 4) is 17.4 Å². The number of hydrogen-bond acceptors (Lipinski definition) is 1. The highest BCUT2D eigenvalue weighted by Crippen LogP contribution is 2.27. The standard InChI is InChI=1S/C10H10Cl2OSi/c1-14(2)6-5-13-10-4-3-8(11)7-9(10)12/h3-4,7,14H,1-2H3. The summed E-state index contributed by atoms with van der Waals surface area (Å²) in [5.74, 6) is 0.554. The molecule has 0 aliphatic carbocycles. The van der Waals surface area contributed by atoms with Gasteiger partial charge in [-0.25, -0.2) is 0 Å². The van der Waals surface area contributed by atoms with Gasteiger partial charge in [0, 0.05) is 5.02 Å². The quantitative estimate of drug-likeness (QED) is 0.544. The molecular weight excluding hydrogens is 235 g/mol. The van der Waals surface area contributed by atoms with E-state index in [1.165, 1.54) is 0 Å². The van der Waals surface area contributed by atoms with Gasteiger partial charge in [-0.3, -0.25) is 0 Å². The van der Waals surface area contributed by atoms with Crippen molar-refractivity contribution in [3.05, 3.63) is 28.2 Å². The first kappa shape index (κ1) is 11.5. The molecule has 0 aromatic heterocycles. The van der Waals surface area contributed by atoms with E-state index in [-0.39, 0.29) is 0 Å². The van der Waals surface area contributed by atoms with E-state index in [0.29, 0.717) is 15.8 Å². The van der Waals surface area contributed by atoms with Crippen LogP contribution < -0.4 is 4.74 Å². The highest BCUT2D eigenvalue weighted by molar-refractivity contribution is 6.64. The molecule has 0 aliphatic rings. The molecule has 0 spiro atoms. The Kier molecular flexibility index (Phi) is 4.34. The van der Waals surface area contributed by atoms with Crippen molar-refractivity contribution in [2.45, 2.75) is 13.1 Å². The Hall–Kier alpha value is -0.623. The van der Waals surface area contributed by atoms with Crippen LogP contribution in [0.1, 0.15) is 0 Å². The van der Waals surface area contributed by atoms with Gasteiger partial charge in [0.15, 0.2) is 5.75 Å². The summed E-state index contributed by atoms with van der Waals surface area (Å²) in [6.45, 7) is 4.25. The molecule has 0 saturated heterocycles. The normalized spacial score (nSPS) is 9.50.